The van der Waals surface area contributed by atoms with Crippen molar-refractivity contribution in [3.05, 3.63) is 63.9 Å². The highest BCUT2D eigenvalue weighted by atomic mass is 79.9. The van der Waals surface area contributed by atoms with Gasteiger partial charge < -0.3 is 0 Å². The summed E-state index contributed by atoms with van der Waals surface area (Å²) in [7, 11) is -3.64. The van der Waals surface area contributed by atoms with E-state index in [0.717, 1.165) is 0 Å². The predicted octanol–water partition coefficient (Wildman–Crippen LogP) is 3.94. The van der Waals surface area contributed by atoms with E-state index in [1.165, 1.54) is 12.1 Å². The van der Waals surface area contributed by atoms with E-state index in [1.54, 1.807) is 44.2 Å². The van der Waals surface area contributed by atoms with Gasteiger partial charge in [0.05, 0.1) is 4.90 Å². The van der Waals surface area contributed by atoms with Crippen molar-refractivity contribution in [2.24, 2.45) is 0 Å². The molecule has 2 aromatic carbocycles. The zero-order valence-electron chi connectivity index (χ0n) is 11.6. The van der Waals surface area contributed by atoms with Crippen LogP contribution < -0.4 is 4.72 Å². The second-order valence-corrected chi connectivity index (χ2v) is 7.40. The molecule has 3 nitrogen and oxygen atoms in total. The van der Waals surface area contributed by atoms with Crippen LogP contribution in [0.15, 0.2) is 51.8 Å². The molecule has 2 aromatic rings. The Morgan fingerprint density at radius 2 is 1.76 bits per heavy atom. The molecule has 0 spiro atoms. The molecule has 0 saturated carbocycles. The highest BCUT2D eigenvalue weighted by Gasteiger charge is 2.20. The Bertz CT molecular complexity index is 745. The fourth-order valence-electron chi connectivity index (χ4n) is 1.98. The van der Waals surface area contributed by atoms with Gasteiger partial charge in [-0.25, -0.2) is 17.5 Å². The molecule has 6 heteroatoms. The number of sulfonamides is 1. The molecule has 0 aromatic heterocycles. The number of halogens is 2. The van der Waals surface area contributed by atoms with Crippen LogP contribution in [0.25, 0.3) is 0 Å². The summed E-state index contributed by atoms with van der Waals surface area (Å²) in [6, 6.07) is 10.4. The van der Waals surface area contributed by atoms with Crippen LogP contribution in [0.4, 0.5) is 4.39 Å². The van der Waals surface area contributed by atoms with E-state index < -0.39 is 16.1 Å². The summed E-state index contributed by atoms with van der Waals surface area (Å²) in [6.45, 7) is 3.46. The van der Waals surface area contributed by atoms with Crippen molar-refractivity contribution >= 4 is 26.0 Å². The van der Waals surface area contributed by atoms with Gasteiger partial charge in [-0.2, -0.15) is 0 Å². The average molecular weight is 372 g/mol. The average Bonchev–Trinajstić information content (AvgIpc) is 2.41. The van der Waals surface area contributed by atoms with Gasteiger partial charge in [-0.05, 0) is 49.2 Å². The molecular formula is C15H15BrFNO2S. The van der Waals surface area contributed by atoms with E-state index in [2.05, 4.69) is 20.7 Å². The van der Waals surface area contributed by atoms with Gasteiger partial charge in [0.15, 0.2) is 0 Å². The normalized spacial score (nSPS) is 13.1. The summed E-state index contributed by atoms with van der Waals surface area (Å²) >= 11 is 3.27. The van der Waals surface area contributed by atoms with Gasteiger partial charge in [0.1, 0.15) is 5.82 Å². The quantitative estimate of drug-likeness (QED) is 0.884. The number of benzene rings is 2. The lowest BCUT2D eigenvalue weighted by atomic mass is 10.1. The Labute approximate surface area is 132 Å². The molecule has 21 heavy (non-hydrogen) atoms. The molecule has 0 saturated heterocycles. The molecule has 0 aliphatic heterocycles. The molecule has 2 rings (SSSR count). The lowest BCUT2D eigenvalue weighted by Gasteiger charge is -2.16. The summed E-state index contributed by atoms with van der Waals surface area (Å²) in [4.78, 5) is 0.228. The van der Waals surface area contributed by atoms with Crippen LogP contribution in [0, 0.1) is 12.7 Å². The highest BCUT2D eigenvalue weighted by molar-refractivity contribution is 9.10. The van der Waals surface area contributed by atoms with Crippen LogP contribution in [-0.4, -0.2) is 8.42 Å². The second kappa shape index (κ2) is 6.25. The van der Waals surface area contributed by atoms with Crippen LogP contribution >= 0.6 is 15.9 Å². The van der Waals surface area contributed by atoms with E-state index in [9.17, 15) is 12.8 Å². The first kappa shape index (κ1) is 16.1. The van der Waals surface area contributed by atoms with Gasteiger partial charge >= 0.3 is 0 Å². The Morgan fingerprint density at radius 3 is 2.38 bits per heavy atom. The SMILES string of the molecule is Cc1ccc(Br)cc1S(=O)(=O)N[C@@H](C)c1ccc(F)cc1. The van der Waals surface area contributed by atoms with E-state index in [-0.39, 0.29) is 10.7 Å². The van der Waals surface area contributed by atoms with Crippen molar-refractivity contribution in [3.8, 4) is 0 Å². The van der Waals surface area contributed by atoms with E-state index in [4.69, 9.17) is 0 Å². The molecule has 0 heterocycles. The van der Waals surface area contributed by atoms with Crippen LogP contribution in [0.5, 0.6) is 0 Å². The highest BCUT2D eigenvalue weighted by Crippen LogP contribution is 2.23. The third kappa shape index (κ3) is 3.90. The number of nitrogens with one attached hydrogen (secondary N) is 1. The Hall–Kier alpha value is -1.24. The number of aryl methyl sites for hydroxylation is 1. The smallest absolute Gasteiger partial charge is 0.207 e. The van der Waals surface area contributed by atoms with Crippen LogP contribution in [0.1, 0.15) is 24.1 Å². The third-order valence-electron chi connectivity index (χ3n) is 3.14. The van der Waals surface area contributed by atoms with Gasteiger partial charge in [-0.15, -0.1) is 0 Å². The fourth-order valence-corrected chi connectivity index (χ4v) is 3.99. The summed E-state index contributed by atoms with van der Waals surface area (Å²) < 4.78 is 41.1. The summed E-state index contributed by atoms with van der Waals surface area (Å²) in [5.74, 6) is -0.350. The molecule has 0 aliphatic carbocycles. The topological polar surface area (TPSA) is 46.2 Å². The molecule has 0 radical (unpaired) electrons. The van der Waals surface area contributed by atoms with Crippen molar-refractivity contribution in [1.29, 1.82) is 0 Å². The van der Waals surface area contributed by atoms with Crippen molar-refractivity contribution in [2.45, 2.75) is 24.8 Å². The third-order valence-corrected chi connectivity index (χ3v) is 5.32. The van der Waals surface area contributed by atoms with Crippen molar-refractivity contribution in [2.75, 3.05) is 0 Å². The van der Waals surface area contributed by atoms with Gasteiger partial charge in [0.25, 0.3) is 0 Å². The maximum Gasteiger partial charge on any atom is 0.241 e. The molecule has 1 atom stereocenters. The summed E-state index contributed by atoms with van der Waals surface area (Å²) in [6.07, 6.45) is 0. The van der Waals surface area contributed by atoms with Crippen LogP contribution in [0.3, 0.4) is 0 Å². The van der Waals surface area contributed by atoms with Crippen molar-refractivity contribution < 1.29 is 12.8 Å². The largest absolute Gasteiger partial charge is 0.241 e. The second-order valence-electron chi connectivity index (χ2n) is 4.80. The summed E-state index contributed by atoms with van der Waals surface area (Å²) in [5, 5.41) is 0. The van der Waals surface area contributed by atoms with Gasteiger partial charge in [-0.3, -0.25) is 0 Å². The summed E-state index contributed by atoms with van der Waals surface area (Å²) in [5.41, 5.74) is 1.37. The number of hydrogen-bond acceptors (Lipinski definition) is 2. The molecular weight excluding hydrogens is 357 g/mol. The van der Waals surface area contributed by atoms with E-state index in [0.29, 0.717) is 15.6 Å². The van der Waals surface area contributed by atoms with Crippen molar-refractivity contribution in [1.82, 2.24) is 4.72 Å². The Kier molecular flexibility index (Phi) is 4.81. The monoisotopic (exact) mass is 371 g/mol. The number of rotatable bonds is 4. The first-order chi connectivity index (χ1) is 9.79. The zero-order valence-corrected chi connectivity index (χ0v) is 14.0. The first-order valence-electron chi connectivity index (χ1n) is 6.33. The zero-order chi connectivity index (χ0) is 15.6. The standard InChI is InChI=1S/C15H15BrFNO2S/c1-10-3-6-13(16)9-15(10)21(19,20)18-11(2)12-4-7-14(17)8-5-12/h3-9,11,18H,1-2H3/t11-/m0/s1. The predicted molar refractivity (Wildman–Crippen MR) is 84.0 cm³/mol. The minimum Gasteiger partial charge on any atom is -0.207 e. The first-order valence-corrected chi connectivity index (χ1v) is 8.61. The van der Waals surface area contributed by atoms with E-state index >= 15 is 0 Å². The molecule has 0 bridgehead atoms. The molecule has 0 fully saturated rings. The van der Waals surface area contributed by atoms with Crippen molar-refractivity contribution in [3.63, 3.8) is 0 Å². The lowest BCUT2D eigenvalue weighted by molar-refractivity contribution is 0.566. The minimum absolute atomic E-state index is 0.228. The van der Waals surface area contributed by atoms with Gasteiger partial charge in [-0.1, -0.05) is 34.1 Å². The Balaban J connectivity index is 2.28. The van der Waals surface area contributed by atoms with Crippen LogP contribution in [0.2, 0.25) is 0 Å². The maximum absolute atomic E-state index is 12.9. The number of hydrogen-bond donors (Lipinski definition) is 1. The Morgan fingerprint density at radius 1 is 1.14 bits per heavy atom. The van der Waals surface area contributed by atoms with Gasteiger partial charge in [0, 0.05) is 10.5 Å². The van der Waals surface area contributed by atoms with Gasteiger partial charge in [0.2, 0.25) is 10.0 Å². The molecule has 0 unspecified atom stereocenters. The molecule has 0 amide bonds. The maximum atomic E-state index is 12.9. The van der Waals surface area contributed by atoms with E-state index in [1.807, 2.05) is 0 Å². The molecule has 1 N–H and O–H groups in total. The molecule has 0 aliphatic rings. The minimum atomic E-state index is -3.64. The van der Waals surface area contributed by atoms with Crippen LogP contribution in [-0.2, 0) is 10.0 Å². The fraction of sp³-hybridized carbons (Fsp3) is 0.200. The lowest BCUT2D eigenvalue weighted by Crippen LogP contribution is -2.27. The molecule has 112 valence electrons.